The summed E-state index contributed by atoms with van der Waals surface area (Å²) in [7, 11) is 0. The lowest BCUT2D eigenvalue weighted by atomic mass is 10.2. The minimum atomic E-state index is -0.630. The maximum Gasteiger partial charge on any atom is 0.310 e. The molecule has 0 bridgehead atoms. The lowest BCUT2D eigenvalue weighted by molar-refractivity contribution is -0.386. The molecule has 1 aliphatic heterocycles. The minimum Gasteiger partial charge on any atom is -0.479 e. The Morgan fingerprint density at radius 2 is 2.29 bits per heavy atom. The van der Waals surface area contributed by atoms with Gasteiger partial charge in [-0.25, -0.2) is 0 Å². The first-order chi connectivity index (χ1) is 8.08. The van der Waals surface area contributed by atoms with Crippen LogP contribution in [0.25, 0.3) is 0 Å². The maximum absolute atomic E-state index is 10.8. The number of nitro benzene ring substituents is 1. The molecule has 1 aromatic rings. The fourth-order valence-corrected chi connectivity index (χ4v) is 1.79. The molecule has 92 valence electrons. The lowest BCUT2D eigenvalue weighted by Gasteiger charge is -2.16. The molecular weight excluding hydrogens is 224 g/mol. The van der Waals surface area contributed by atoms with Crippen molar-refractivity contribution in [1.82, 2.24) is 5.32 Å². The number of nitrogens with one attached hydrogen (secondary N) is 1. The van der Waals surface area contributed by atoms with E-state index in [1.807, 2.05) is 6.92 Å². The molecule has 2 unspecified atom stereocenters. The van der Waals surface area contributed by atoms with Crippen LogP contribution in [-0.2, 0) is 0 Å². The minimum absolute atomic E-state index is 0.0744. The molecule has 1 heterocycles. The average molecular weight is 238 g/mol. The fourth-order valence-electron chi connectivity index (χ4n) is 1.79. The van der Waals surface area contributed by atoms with Crippen LogP contribution in [0.5, 0.6) is 5.75 Å². The molecular formula is C11H14N2O4. The molecule has 17 heavy (non-hydrogen) atoms. The van der Waals surface area contributed by atoms with E-state index in [9.17, 15) is 15.2 Å². The highest BCUT2D eigenvalue weighted by atomic mass is 16.6. The second kappa shape index (κ2) is 4.68. The molecule has 0 spiro atoms. The number of β-amino-alcohol motifs (C(OH)–C–C–N with tert-alkyl or cyclic N) is 1. The second-order valence-corrected chi connectivity index (χ2v) is 4.11. The number of ether oxygens (including phenoxy) is 1. The molecule has 0 amide bonds. The Kier molecular flexibility index (Phi) is 3.26. The predicted octanol–water partition coefficient (Wildman–Crippen LogP) is 0.615. The zero-order valence-electron chi connectivity index (χ0n) is 9.42. The highest BCUT2D eigenvalue weighted by Crippen LogP contribution is 2.29. The Hall–Kier alpha value is -1.66. The molecule has 1 aromatic carbocycles. The molecule has 6 nitrogen and oxygen atoms in total. The number of aliphatic hydroxyl groups excluding tert-OH is 1. The quantitative estimate of drug-likeness (QED) is 0.595. The van der Waals surface area contributed by atoms with Gasteiger partial charge in [0.25, 0.3) is 0 Å². The van der Waals surface area contributed by atoms with Crippen molar-refractivity contribution < 1.29 is 14.8 Å². The highest BCUT2D eigenvalue weighted by Gasteiger charge is 2.29. The van der Waals surface area contributed by atoms with Crippen molar-refractivity contribution in [1.29, 1.82) is 0 Å². The number of benzene rings is 1. The van der Waals surface area contributed by atoms with E-state index in [1.165, 1.54) is 6.07 Å². The fraction of sp³-hybridized carbons (Fsp3) is 0.455. The van der Waals surface area contributed by atoms with Gasteiger partial charge in [0.05, 0.1) is 4.92 Å². The third kappa shape index (κ3) is 2.54. The smallest absolute Gasteiger partial charge is 0.310 e. The number of nitro groups is 1. The van der Waals surface area contributed by atoms with Gasteiger partial charge in [0.2, 0.25) is 0 Å². The summed E-state index contributed by atoms with van der Waals surface area (Å²) < 4.78 is 5.51. The van der Waals surface area contributed by atoms with E-state index in [4.69, 9.17) is 4.74 Å². The van der Waals surface area contributed by atoms with Gasteiger partial charge < -0.3 is 15.2 Å². The zero-order valence-corrected chi connectivity index (χ0v) is 9.42. The number of hydrogen-bond acceptors (Lipinski definition) is 5. The summed E-state index contributed by atoms with van der Waals surface area (Å²) in [6.45, 7) is 2.77. The van der Waals surface area contributed by atoms with Crippen molar-refractivity contribution in [3.05, 3.63) is 33.9 Å². The van der Waals surface area contributed by atoms with Gasteiger partial charge >= 0.3 is 5.69 Å². The maximum atomic E-state index is 10.8. The Balaban J connectivity index is 2.24. The van der Waals surface area contributed by atoms with Gasteiger partial charge in [0, 0.05) is 19.2 Å². The molecule has 0 radical (unpaired) electrons. The highest BCUT2D eigenvalue weighted by molar-refractivity contribution is 5.48. The average Bonchev–Trinajstić information content (AvgIpc) is 2.64. The molecule has 2 rings (SSSR count). The molecule has 6 heteroatoms. The van der Waals surface area contributed by atoms with E-state index in [0.717, 1.165) is 5.56 Å². The summed E-state index contributed by atoms with van der Waals surface area (Å²) in [5, 5.41) is 23.4. The van der Waals surface area contributed by atoms with E-state index in [1.54, 1.807) is 12.1 Å². The monoisotopic (exact) mass is 238 g/mol. The first-order valence-corrected chi connectivity index (χ1v) is 5.38. The van der Waals surface area contributed by atoms with Crippen molar-refractivity contribution in [3.8, 4) is 5.75 Å². The molecule has 2 N–H and O–H groups in total. The largest absolute Gasteiger partial charge is 0.479 e. The van der Waals surface area contributed by atoms with Crippen LogP contribution < -0.4 is 10.1 Å². The molecule has 2 atom stereocenters. The van der Waals surface area contributed by atoms with E-state index in [0.29, 0.717) is 13.1 Å². The van der Waals surface area contributed by atoms with Gasteiger partial charge in [-0.3, -0.25) is 10.1 Å². The van der Waals surface area contributed by atoms with Crippen LogP contribution in [0.15, 0.2) is 18.2 Å². The first-order valence-electron chi connectivity index (χ1n) is 5.38. The standard InChI is InChI=1S/C11H14N2O4/c1-7-2-3-8(13(15)16)10(4-7)17-11-6-12-5-9(11)14/h2-4,9,11-12,14H,5-6H2,1H3. The van der Waals surface area contributed by atoms with Crippen LogP contribution in [0.4, 0.5) is 5.69 Å². The van der Waals surface area contributed by atoms with E-state index < -0.39 is 17.1 Å². The van der Waals surface area contributed by atoms with Crippen molar-refractivity contribution in [2.45, 2.75) is 19.1 Å². The van der Waals surface area contributed by atoms with Gasteiger partial charge in [-0.1, -0.05) is 6.07 Å². The van der Waals surface area contributed by atoms with Crippen LogP contribution in [0.3, 0.4) is 0 Å². The molecule has 1 aliphatic rings. The molecule has 0 saturated carbocycles. The van der Waals surface area contributed by atoms with E-state index in [2.05, 4.69) is 5.32 Å². The van der Waals surface area contributed by atoms with Gasteiger partial charge in [0.15, 0.2) is 5.75 Å². The van der Waals surface area contributed by atoms with E-state index in [-0.39, 0.29) is 11.4 Å². The van der Waals surface area contributed by atoms with Gasteiger partial charge in [-0.15, -0.1) is 0 Å². The van der Waals surface area contributed by atoms with Crippen LogP contribution >= 0.6 is 0 Å². The summed E-state index contributed by atoms with van der Waals surface area (Å²) >= 11 is 0. The van der Waals surface area contributed by atoms with Crippen molar-refractivity contribution in [2.75, 3.05) is 13.1 Å². The lowest BCUT2D eigenvalue weighted by Crippen LogP contribution is -2.30. The summed E-state index contributed by atoms with van der Waals surface area (Å²) in [5.74, 6) is 0.211. The van der Waals surface area contributed by atoms with Crippen LogP contribution in [0.2, 0.25) is 0 Å². The Morgan fingerprint density at radius 3 is 2.88 bits per heavy atom. The summed E-state index contributed by atoms with van der Waals surface area (Å²) in [6, 6.07) is 4.69. The Morgan fingerprint density at radius 1 is 1.53 bits per heavy atom. The number of hydrogen-bond donors (Lipinski definition) is 2. The number of aryl methyl sites for hydroxylation is 1. The number of nitrogens with zero attached hydrogens (tertiary/aromatic N) is 1. The predicted molar refractivity (Wildman–Crippen MR) is 61.1 cm³/mol. The number of aliphatic hydroxyl groups is 1. The normalized spacial score (nSPS) is 23.6. The van der Waals surface area contributed by atoms with Crippen molar-refractivity contribution in [3.63, 3.8) is 0 Å². The topological polar surface area (TPSA) is 84.6 Å². The number of rotatable bonds is 3. The van der Waals surface area contributed by atoms with Gasteiger partial charge in [-0.05, 0) is 18.6 Å². The molecule has 1 fully saturated rings. The Labute approximate surface area is 98.4 Å². The van der Waals surface area contributed by atoms with Crippen LogP contribution in [-0.4, -0.2) is 35.3 Å². The third-order valence-corrected chi connectivity index (χ3v) is 2.72. The van der Waals surface area contributed by atoms with Gasteiger partial charge in [0.1, 0.15) is 12.2 Å². The SMILES string of the molecule is Cc1ccc([N+](=O)[O-])c(OC2CNCC2O)c1. The molecule has 1 saturated heterocycles. The summed E-state index contributed by atoms with van der Waals surface area (Å²) in [4.78, 5) is 10.4. The zero-order chi connectivity index (χ0) is 12.4. The van der Waals surface area contributed by atoms with E-state index >= 15 is 0 Å². The van der Waals surface area contributed by atoms with Crippen molar-refractivity contribution >= 4 is 5.69 Å². The van der Waals surface area contributed by atoms with Crippen LogP contribution in [0.1, 0.15) is 5.56 Å². The molecule has 0 aliphatic carbocycles. The first kappa shape index (κ1) is 11.8. The van der Waals surface area contributed by atoms with Crippen LogP contribution in [0, 0.1) is 17.0 Å². The Bertz CT molecular complexity index is 435. The third-order valence-electron chi connectivity index (χ3n) is 2.72. The van der Waals surface area contributed by atoms with Crippen molar-refractivity contribution in [2.24, 2.45) is 0 Å². The van der Waals surface area contributed by atoms with Gasteiger partial charge in [-0.2, -0.15) is 0 Å². The summed E-state index contributed by atoms with van der Waals surface area (Å²) in [5.41, 5.74) is 0.806. The molecule has 0 aromatic heterocycles. The second-order valence-electron chi connectivity index (χ2n) is 4.11. The summed E-state index contributed by atoms with van der Waals surface area (Å²) in [6.07, 6.45) is -1.06.